The van der Waals surface area contributed by atoms with Gasteiger partial charge in [-0.1, -0.05) is 23.7 Å². The second-order valence-electron chi connectivity index (χ2n) is 4.92. The number of rotatable bonds is 7. The molecule has 2 N–H and O–H groups in total. The molecule has 0 unspecified atom stereocenters. The smallest absolute Gasteiger partial charge is 0.270 e. The highest BCUT2D eigenvalue weighted by molar-refractivity contribution is 7.89. The molecule has 2 aromatic carbocycles. The third-order valence-electron chi connectivity index (χ3n) is 3.03. The fourth-order valence-corrected chi connectivity index (χ4v) is 2.90. The second-order valence-corrected chi connectivity index (χ2v) is 7.13. The third kappa shape index (κ3) is 5.62. The first-order valence-electron chi connectivity index (χ1n) is 7.09. The number of nitro benzene ring substituents is 1. The van der Waals surface area contributed by atoms with Gasteiger partial charge in [-0.15, -0.1) is 0 Å². The van der Waals surface area contributed by atoms with E-state index in [1.807, 2.05) is 0 Å². The fraction of sp³-hybridized carbons (Fsp3) is 0.0667. The summed E-state index contributed by atoms with van der Waals surface area (Å²) >= 11 is 5.69. The van der Waals surface area contributed by atoms with Crippen molar-refractivity contribution < 1.29 is 18.1 Å². The monoisotopic (exact) mass is 396 g/mol. The fourth-order valence-electron chi connectivity index (χ4n) is 1.79. The van der Waals surface area contributed by atoms with Crippen LogP contribution in [-0.4, -0.2) is 32.0 Å². The van der Waals surface area contributed by atoms with E-state index >= 15 is 0 Å². The van der Waals surface area contributed by atoms with Gasteiger partial charge >= 0.3 is 0 Å². The van der Waals surface area contributed by atoms with Gasteiger partial charge in [0.15, 0.2) is 0 Å². The van der Waals surface area contributed by atoms with E-state index in [2.05, 4.69) is 15.2 Å². The van der Waals surface area contributed by atoms with Crippen molar-refractivity contribution in [2.24, 2.45) is 5.10 Å². The number of hydrogen-bond acceptors (Lipinski definition) is 6. The number of carbonyl (C=O) groups is 1. The van der Waals surface area contributed by atoms with E-state index in [1.165, 1.54) is 48.7 Å². The molecule has 0 aromatic heterocycles. The largest absolute Gasteiger partial charge is 0.272 e. The Labute approximate surface area is 153 Å². The van der Waals surface area contributed by atoms with E-state index in [0.717, 1.165) is 0 Å². The topological polar surface area (TPSA) is 131 Å². The van der Waals surface area contributed by atoms with Crippen LogP contribution < -0.4 is 10.1 Å². The second kappa shape index (κ2) is 8.52. The van der Waals surface area contributed by atoms with Crippen LogP contribution in [0.15, 0.2) is 58.5 Å². The summed E-state index contributed by atoms with van der Waals surface area (Å²) in [5.41, 5.74) is 2.41. The Morgan fingerprint density at radius 2 is 1.92 bits per heavy atom. The van der Waals surface area contributed by atoms with Crippen LogP contribution in [0.3, 0.4) is 0 Å². The minimum atomic E-state index is -3.86. The van der Waals surface area contributed by atoms with Crippen molar-refractivity contribution in [3.8, 4) is 0 Å². The van der Waals surface area contributed by atoms with E-state index in [4.69, 9.17) is 11.6 Å². The number of hydrogen-bond donors (Lipinski definition) is 2. The summed E-state index contributed by atoms with van der Waals surface area (Å²) < 4.78 is 26.1. The molecule has 1 amide bonds. The predicted octanol–water partition coefficient (Wildman–Crippen LogP) is 1.68. The van der Waals surface area contributed by atoms with Crippen LogP contribution in [0.1, 0.15) is 5.56 Å². The number of benzene rings is 2. The molecular formula is C15H13ClN4O5S. The molecule has 0 bridgehead atoms. The van der Waals surface area contributed by atoms with Gasteiger partial charge in [-0.05, 0) is 24.3 Å². The summed E-state index contributed by atoms with van der Waals surface area (Å²) in [6, 6.07) is 11.1. The standard InChI is InChI=1S/C15H13ClN4O5S/c16-12-4-6-14(7-5-12)26(24,25)18-10-15(21)19-17-9-11-2-1-3-13(8-11)20(22)23/h1-9,18H,10H2,(H,19,21)/b17-9-. The summed E-state index contributed by atoms with van der Waals surface area (Å²) in [5.74, 6) is -0.704. The van der Waals surface area contributed by atoms with Gasteiger partial charge in [0.2, 0.25) is 10.0 Å². The molecule has 0 aliphatic rings. The summed E-state index contributed by atoms with van der Waals surface area (Å²) in [7, 11) is -3.86. The average Bonchev–Trinajstić information content (AvgIpc) is 2.61. The highest BCUT2D eigenvalue weighted by Crippen LogP contribution is 2.13. The first kappa shape index (κ1) is 19.5. The van der Waals surface area contributed by atoms with Gasteiger partial charge in [0.25, 0.3) is 11.6 Å². The van der Waals surface area contributed by atoms with E-state index in [1.54, 1.807) is 6.07 Å². The van der Waals surface area contributed by atoms with Crippen LogP contribution in [0.25, 0.3) is 0 Å². The average molecular weight is 397 g/mol. The Morgan fingerprint density at radius 1 is 1.23 bits per heavy atom. The Morgan fingerprint density at radius 3 is 2.58 bits per heavy atom. The van der Waals surface area contributed by atoms with Crippen molar-refractivity contribution in [3.05, 3.63) is 69.2 Å². The van der Waals surface area contributed by atoms with Gasteiger partial charge in [0.1, 0.15) is 0 Å². The molecule has 0 saturated heterocycles. The van der Waals surface area contributed by atoms with Crippen LogP contribution in [0, 0.1) is 10.1 Å². The molecule has 0 fully saturated rings. The van der Waals surface area contributed by atoms with Crippen molar-refractivity contribution >= 4 is 39.4 Å². The predicted molar refractivity (Wildman–Crippen MR) is 95.5 cm³/mol. The molecule has 0 radical (unpaired) electrons. The van der Waals surface area contributed by atoms with Gasteiger partial charge < -0.3 is 0 Å². The number of halogens is 1. The lowest BCUT2D eigenvalue weighted by Crippen LogP contribution is -2.34. The van der Waals surface area contributed by atoms with Gasteiger partial charge in [0, 0.05) is 22.7 Å². The molecule has 9 nitrogen and oxygen atoms in total. The Kier molecular flexibility index (Phi) is 6.39. The number of amides is 1. The van der Waals surface area contributed by atoms with Crippen LogP contribution in [0.5, 0.6) is 0 Å². The van der Waals surface area contributed by atoms with Gasteiger partial charge in [-0.25, -0.2) is 18.6 Å². The molecule has 0 saturated carbocycles. The number of non-ortho nitro benzene ring substituents is 1. The van der Waals surface area contributed by atoms with Crippen LogP contribution in [0.2, 0.25) is 5.02 Å². The van der Waals surface area contributed by atoms with Crippen molar-refractivity contribution in [2.75, 3.05) is 6.54 Å². The Bertz CT molecular complexity index is 945. The number of sulfonamides is 1. The maximum atomic E-state index is 12.0. The minimum absolute atomic E-state index is 0.0326. The molecule has 0 heterocycles. The van der Waals surface area contributed by atoms with Gasteiger partial charge in [0.05, 0.1) is 22.6 Å². The number of nitrogens with one attached hydrogen (secondary N) is 2. The molecule has 0 atom stereocenters. The summed E-state index contributed by atoms with van der Waals surface area (Å²) in [6.45, 7) is -0.531. The highest BCUT2D eigenvalue weighted by Gasteiger charge is 2.15. The zero-order valence-electron chi connectivity index (χ0n) is 13.1. The van der Waals surface area contributed by atoms with Crippen molar-refractivity contribution in [2.45, 2.75) is 4.90 Å². The molecule has 136 valence electrons. The van der Waals surface area contributed by atoms with Gasteiger partial charge in [-0.2, -0.15) is 5.10 Å². The first-order valence-corrected chi connectivity index (χ1v) is 8.95. The van der Waals surface area contributed by atoms with Crippen LogP contribution in [-0.2, 0) is 14.8 Å². The SMILES string of the molecule is O=C(CNS(=O)(=O)c1ccc(Cl)cc1)N/N=C\c1cccc([N+](=O)[O-])c1. The van der Waals surface area contributed by atoms with E-state index in [-0.39, 0.29) is 10.6 Å². The highest BCUT2D eigenvalue weighted by atomic mass is 35.5. The normalized spacial score (nSPS) is 11.4. The molecule has 2 aromatic rings. The van der Waals surface area contributed by atoms with E-state index in [9.17, 15) is 23.3 Å². The van der Waals surface area contributed by atoms with E-state index < -0.39 is 27.4 Å². The van der Waals surface area contributed by atoms with E-state index in [0.29, 0.717) is 10.6 Å². The van der Waals surface area contributed by atoms with Crippen LogP contribution >= 0.6 is 11.6 Å². The maximum absolute atomic E-state index is 12.0. The molecule has 26 heavy (non-hydrogen) atoms. The molecule has 11 heteroatoms. The van der Waals surface area contributed by atoms with Crippen molar-refractivity contribution in [1.82, 2.24) is 10.1 Å². The molecule has 0 aliphatic carbocycles. The first-order chi connectivity index (χ1) is 12.3. The number of carbonyl (C=O) groups excluding carboxylic acids is 1. The molecular weight excluding hydrogens is 384 g/mol. The zero-order chi connectivity index (χ0) is 19.2. The lowest BCUT2D eigenvalue weighted by atomic mass is 10.2. The minimum Gasteiger partial charge on any atom is -0.272 e. The lowest BCUT2D eigenvalue weighted by Gasteiger charge is -2.05. The van der Waals surface area contributed by atoms with Crippen LogP contribution in [0.4, 0.5) is 5.69 Å². The lowest BCUT2D eigenvalue weighted by molar-refractivity contribution is -0.384. The molecule has 2 rings (SSSR count). The van der Waals surface area contributed by atoms with Crippen molar-refractivity contribution in [1.29, 1.82) is 0 Å². The summed E-state index contributed by atoms with van der Waals surface area (Å²) in [4.78, 5) is 21.7. The zero-order valence-corrected chi connectivity index (χ0v) is 14.7. The Balaban J connectivity index is 1.90. The summed E-state index contributed by atoms with van der Waals surface area (Å²) in [6.07, 6.45) is 1.21. The number of nitro groups is 1. The third-order valence-corrected chi connectivity index (χ3v) is 4.70. The maximum Gasteiger partial charge on any atom is 0.270 e. The molecule has 0 spiro atoms. The number of hydrazone groups is 1. The summed E-state index contributed by atoms with van der Waals surface area (Å²) in [5, 5.41) is 14.7. The van der Waals surface area contributed by atoms with Crippen molar-refractivity contribution in [3.63, 3.8) is 0 Å². The molecule has 0 aliphatic heterocycles. The van der Waals surface area contributed by atoms with Gasteiger partial charge in [-0.3, -0.25) is 14.9 Å². The number of nitrogens with zero attached hydrogens (tertiary/aromatic N) is 2. The quantitative estimate of drug-likeness (QED) is 0.417. The Hall–Kier alpha value is -2.82.